The highest BCUT2D eigenvalue weighted by atomic mass is 16.3. The van der Waals surface area contributed by atoms with Crippen molar-refractivity contribution in [1.29, 1.82) is 0 Å². The zero-order valence-electron chi connectivity index (χ0n) is 10.8. The maximum Gasteiger partial charge on any atom is 0.166 e. The molecule has 0 bridgehead atoms. The van der Waals surface area contributed by atoms with Gasteiger partial charge in [-0.15, -0.1) is 0 Å². The van der Waals surface area contributed by atoms with Crippen molar-refractivity contribution in [1.82, 2.24) is 0 Å². The SMILES string of the molecule is CC(=O)Cc1oc2c(c1C)C(=O)CCC2(C)C. The highest BCUT2D eigenvalue weighted by Gasteiger charge is 2.37. The van der Waals surface area contributed by atoms with Crippen LogP contribution >= 0.6 is 0 Å². The molecule has 0 N–H and O–H groups in total. The maximum absolute atomic E-state index is 11.9. The summed E-state index contributed by atoms with van der Waals surface area (Å²) >= 11 is 0. The molecule has 0 radical (unpaired) electrons. The first kappa shape index (κ1) is 12.1. The Balaban J connectivity index is 2.56. The molecule has 1 aliphatic rings. The van der Waals surface area contributed by atoms with Gasteiger partial charge in [-0.05, 0) is 20.3 Å². The van der Waals surface area contributed by atoms with Gasteiger partial charge in [0.2, 0.25) is 0 Å². The van der Waals surface area contributed by atoms with Gasteiger partial charge in [-0.25, -0.2) is 0 Å². The van der Waals surface area contributed by atoms with Crippen LogP contribution in [0.1, 0.15) is 61.1 Å². The van der Waals surface area contributed by atoms with E-state index in [1.165, 1.54) is 6.92 Å². The van der Waals surface area contributed by atoms with E-state index in [1.54, 1.807) is 0 Å². The van der Waals surface area contributed by atoms with Crippen molar-refractivity contribution in [2.45, 2.75) is 52.4 Å². The number of carbonyl (C=O) groups excluding carboxylic acids is 2. The minimum atomic E-state index is -0.108. The smallest absolute Gasteiger partial charge is 0.166 e. The van der Waals surface area contributed by atoms with E-state index >= 15 is 0 Å². The van der Waals surface area contributed by atoms with Crippen LogP contribution in [-0.4, -0.2) is 11.6 Å². The van der Waals surface area contributed by atoms with E-state index in [0.717, 1.165) is 23.3 Å². The molecule has 1 aliphatic carbocycles. The van der Waals surface area contributed by atoms with Crippen molar-refractivity contribution in [3.05, 3.63) is 22.6 Å². The third-order valence-electron chi connectivity index (χ3n) is 3.53. The monoisotopic (exact) mass is 234 g/mol. The molecule has 0 aromatic carbocycles. The first-order valence-corrected chi connectivity index (χ1v) is 5.98. The van der Waals surface area contributed by atoms with Crippen LogP contribution in [0.15, 0.2) is 4.42 Å². The summed E-state index contributed by atoms with van der Waals surface area (Å²) in [5.41, 5.74) is 1.47. The standard InChI is InChI=1S/C14H18O3/c1-8(15)7-11-9(2)12-10(16)5-6-14(3,4)13(12)17-11/h5-7H2,1-4H3. The molecule has 3 nitrogen and oxygen atoms in total. The van der Waals surface area contributed by atoms with Gasteiger partial charge >= 0.3 is 0 Å². The van der Waals surface area contributed by atoms with Crippen molar-refractivity contribution in [2.75, 3.05) is 0 Å². The summed E-state index contributed by atoms with van der Waals surface area (Å²) in [5.74, 6) is 1.63. The van der Waals surface area contributed by atoms with E-state index in [2.05, 4.69) is 13.8 Å². The van der Waals surface area contributed by atoms with Gasteiger partial charge in [0.15, 0.2) is 5.78 Å². The first-order chi connectivity index (χ1) is 7.83. The summed E-state index contributed by atoms with van der Waals surface area (Å²) in [6, 6.07) is 0. The minimum Gasteiger partial charge on any atom is -0.464 e. The Labute approximate surface area is 101 Å². The molecule has 0 atom stereocenters. The second kappa shape index (κ2) is 3.83. The Bertz CT molecular complexity index is 492. The molecule has 17 heavy (non-hydrogen) atoms. The summed E-state index contributed by atoms with van der Waals surface area (Å²) in [6.45, 7) is 7.57. The second-order valence-electron chi connectivity index (χ2n) is 5.54. The lowest BCUT2D eigenvalue weighted by Crippen LogP contribution is -2.26. The van der Waals surface area contributed by atoms with E-state index < -0.39 is 0 Å². The topological polar surface area (TPSA) is 47.3 Å². The predicted molar refractivity (Wildman–Crippen MR) is 64.4 cm³/mol. The fourth-order valence-electron chi connectivity index (χ4n) is 2.43. The summed E-state index contributed by atoms with van der Waals surface area (Å²) in [4.78, 5) is 23.1. The Morgan fingerprint density at radius 1 is 1.41 bits per heavy atom. The van der Waals surface area contributed by atoms with E-state index in [9.17, 15) is 9.59 Å². The Hall–Kier alpha value is -1.38. The molecule has 1 heterocycles. The number of hydrogen-bond donors (Lipinski definition) is 0. The fourth-order valence-corrected chi connectivity index (χ4v) is 2.43. The van der Waals surface area contributed by atoms with Crippen LogP contribution < -0.4 is 0 Å². The minimum absolute atomic E-state index is 0.0597. The molecule has 3 heteroatoms. The Kier molecular flexibility index (Phi) is 2.72. The van der Waals surface area contributed by atoms with Crippen LogP contribution in [-0.2, 0) is 16.6 Å². The van der Waals surface area contributed by atoms with E-state index in [1.807, 2.05) is 6.92 Å². The number of hydrogen-bond acceptors (Lipinski definition) is 3. The third-order valence-corrected chi connectivity index (χ3v) is 3.53. The predicted octanol–water partition coefficient (Wildman–Crippen LogP) is 2.97. The van der Waals surface area contributed by atoms with E-state index in [4.69, 9.17) is 4.42 Å². The van der Waals surface area contributed by atoms with Crippen LogP contribution in [0.5, 0.6) is 0 Å². The van der Waals surface area contributed by atoms with Gasteiger partial charge in [0, 0.05) is 17.4 Å². The number of fused-ring (bicyclic) bond motifs is 1. The van der Waals surface area contributed by atoms with Crippen LogP contribution in [0.4, 0.5) is 0 Å². The van der Waals surface area contributed by atoms with Gasteiger partial charge in [-0.3, -0.25) is 9.59 Å². The maximum atomic E-state index is 11.9. The molecule has 0 aliphatic heterocycles. The number of ketones is 2. The van der Waals surface area contributed by atoms with Crippen molar-refractivity contribution >= 4 is 11.6 Å². The van der Waals surface area contributed by atoms with Gasteiger partial charge in [0.05, 0.1) is 12.0 Å². The zero-order chi connectivity index (χ0) is 12.8. The lowest BCUT2D eigenvalue weighted by atomic mass is 9.76. The molecule has 92 valence electrons. The molecule has 1 aromatic rings. The van der Waals surface area contributed by atoms with Crippen LogP contribution in [0, 0.1) is 6.92 Å². The average molecular weight is 234 g/mol. The first-order valence-electron chi connectivity index (χ1n) is 5.98. The molecule has 1 aromatic heterocycles. The molecule has 0 unspecified atom stereocenters. The van der Waals surface area contributed by atoms with Gasteiger partial charge in [0.25, 0.3) is 0 Å². The summed E-state index contributed by atoms with van der Waals surface area (Å²) in [6.07, 6.45) is 1.66. The van der Waals surface area contributed by atoms with Crippen LogP contribution in [0.25, 0.3) is 0 Å². The zero-order valence-corrected chi connectivity index (χ0v) is 10.8. The van der Waals surface area contributed by atoms with Crippen molar-refractivity contribution in [3.63, 3.8) is 0 Å². The average Bonchev–Trinajstić information content (AvgIpc) is 2.52. The van der Waals surface area contributed by atoms with Crippen molar-refractivity contribution in [2.24, 2.45) is 0 Å². The lowest BCUT2D eigenvalue weighted by molar-refractivity contribution is -0.116. The molecule has 0 saturated heterocycles. The summed E-state index contributed by atoms with van der Waals surface area (Å²) < 4.78 is 5.79. The normalized spacial score (nSPS) is 18.0. The molecule has 0 amide bonds. The molecule has 2 rings (SSSR count). The third kappa shape index (κ3) is 1.94. The van der Waals surface area contributed by atoms with Crippen LogP contribution in [0.2, 0.25) is 0 Å². The summed E-state index contributed by atoms with van der Waals surface area (Å²) in [5, 5.41) is 0. The largest absolute Gasteiger partial charge is 0.464 e. The van der Waals surface area contributed by atoms with Crippen molar-refractivity contribution in [3.8, 4) is 0 Å². The Morgan fingerprint density at radius 2 is 2.06 bits per heavy atom. The number of Topliss-reactive ketones (excluding diaryl/α,β-unsaturated/α-hetero) is 2. The quantitative estimate of drug-likeness (QED) is 0.790. The van der Waals surface area contributed by atoms with Gasteiger partial charge in [-0.2, -0.15) is 0 Å². The highest BCUT2D eigenvalue weighted by molar-refractivity contribution is 6.00. The fraction of sp³-hybridized carbons (Fsp3) is 0.571. The van der Waals surface area contributed by atoms with E-state index in [0.29, 0.717) is 12.2 Å². The highest BCUT2D eigenvalue weighted by Crippen LogP contribution is 2.40. The van der Waals surface area contributed by atoms with Gasteiger partial charge < -0.3 is 4.42 Å². The Morgan fingerprint density at radius 3 is 2.59 bits per heavy atom. The molecule has 0 spiro atoms. The van der Waals surface area contributed by atoms with Gasteiger partial charge in [-0.1, -0.05) is 13.8 Å². The molecular weight excluding hydrogens is 216 g/mol. The summed E-state index contributed by atoms with van der Waals surface area (Å²) in [7, 11) is 0. The number of carbonyl (C=O) groups is 2. The van der Waals surface area contributed by atoms with Gasteiger partial charge in [0.1, 0.15) is 17.3 Å². The molecule has 0 fully saturated rings. The molecule has 0 saturated carbocycles. The van der Waals surface area contributed by atoms with Crippen molar-refractivity contribution < 1.29 is 14.0 Å². The van der Waals surface area contributed by atoms with E-state index in [-0.39, 0.29) is 23.4 Å². The van der Waals surface area contributed by atoms with Crippen LogP contribution in [0.3, 0.4) is 0 Å². The number of rotatable bonds is 2. The second-order valence-corrected chi connectivity index (χ2v) is 5.54. The lowest BCUT2D eigenvalue weighted by Gasteiger charge is -2.27. The molecular formula is C14H18O3. The number of furan rings is 1.